The van der Waals surface area contributed by atoms with Crippen molar-refractivity contribution in [2.24, 2.45) is 0 Å². The Morgan fingerprint density at radius 1 is 1.33 bits per heavy atom. The predicted molar refractivity (Wildman–Crippen MR) is 70.8 cm³/mol. The summed E-state index contributed by atoms with van der Waals surface area (Å²) in [6.07, 6.45) is 0. The molecule has 1 fully saturated rings. The first-order chi connectivity index (χ1) is 8.49. The van der Waals surface area contributed by atoms with Gasteiger partial charge >= 0.3 is 10.2 Å². The van der Waals surface area contributed by atoms with Crippen molar-refractivity contribution in [3.63, 3.8) is 0 Å². The van der Waals surface area contributed by atoms with Crippen LogP contribution in [0.1, 0.15) is 0 Å². The summed E-state index contributed by atoms with van der Waals surface area (Å²) in [5, 5.41) is 0.317. The van der Waals surface area contributed by atoms with Crippen LogP contribution in [0.2, 0.25) is 5.02 Å². The van der Waals surface area contributed by atoms with Crippen LogP contribution in [0.4, 0.5) is 11.4 Å². The number of hydrogen-bond donors (Lipinski definition) is 2. The second-order valence-corrected chi connectivity index (χ2v) is 5.93. The summed E-state index contributed by atoms with van der Waals surface area (Å²) in [7, 11) is -3.56. The molecule has 0 bridgehead atoms. The van der Waals surface area contributed by atoms with Gasteiger partial charge in [0.05, 0.1) is 29.6 Å². The van der Waals surface area contributed by atoms with Crippen molar-refractivity contribution >= 4 is 33.2 Å². The van der Waals surface area contributed by atoms with Crippen molar-refractivity contribution in [3.05, 3.63) is 23.2 Å². The molecule has 0 atom stereocenters. The Labute approximate surface area is 111 Å². The Morgan fingerprint density at radius 2 is 2.00 bits per heavy atom. The summed E-state index contributed by atoms with van der Waals surface area (Å²) in [6.45, 7) is 1.50. The van der Waals surface area contributed by atoms with Crippen LogP contribution in [0.5, 0.6) is 0 Å². The summed E-state index contributed by atoms with van der Waals surface area (Å²) in [5.74, 6) is 0. The normalized spacial score (nSPS) is 17.6. The van der Waals surface area contributed by atoms with E-state index in [2.05, 4.69) is 4.72 Å². The van der Waals surface area contributed by atoms with E-state index in [-0.39, 0.29) is 0 Å². The molecule has 3 N–H and O–H groups in total. The van der Waals surface area contributed by atoms with E-state index in [0.29, 0.717) is 42.7 Å². The molecular formula is C10H14ClN3O3S. The summed E-state index contributed by atoms with van der Waals surface area (Å²) in [6, 6.07) is 4.60. The molecule has 0 radical (unpaired) electrons. The first-order valence-corrected chi connectivity index (χ1v) is 7.21. The van der Waals surface area contributed by atoms with Gasteiger partial charge in [-0.1, -0.05) is 11.6 Å². The van der Waals surface area contributed by atoms with Crippen LogP contribution in [-0.2, 0) is 14.9 Å². The van der Waals surface area contributed by atoms with E-state index in [0.717, 1.165) is 0 Å². The van der Waals surface area contributed by atoms with E-state index in [4.69, 9.17) is 22.1 Å². The summed E-state index contributed by atoms with van der Waals surface area (Å²) in [4.78, 5) is 0. The topological polar surface area (TPSA) is 84.7 Å². The molecule has 0 aliphatic carbocycles. The van der Waals surface area contributed by atoms with E-state index in [9.17, 15) is 8.42 Å². The van der Waals surface area contributed by atoms with Crippen LogP contribution in [0.15, 0.2) is 18.2 Å². The first-order valence-electron chi connectivity index (χ1n) is 5.40. The van der Waals surface area contributed by atoms with Gasteiger partial charge in [-0.15, -0.1) is 0 Å². The maximum atomic E-state index is 12.0. The first kappa shape index (κ1) is 13.4. The lowest BCUT2D eigenvalue weighted by Gasteiger charge is -2.26. The van der Waals surface area contributed by atoms with Gasteiger partial charge in [-0.2, -0.15) is 12.7 Å². The number of nitrogens with one attached hydrogen (secondary N) is 1. The molecule has 1 aromatic carbocycles. The highest BCUT2D eigenvalue weighted by molar-refractivity contribution is 7.90. The maximum Gasteiger partial charge on any atom is 0.301 e. The lowest BCUT2D eigenvalue weighted by Crippen LogP contribution is -2.43. The second-order valence-electron chi connectivity index (χ2n) is 3.85. The molecule has 0 spiro atoms. The molecule has 0 aromatic heterocycles. The van der Waals surface area contributed by atoms with Gasteiger partial charge < -0.3 is 10.5 Å². The highest BCUT2D eigenvalue weighted by atomic mass is 35.5. The summed E-state index contributed by atoms with van der Waals surface area (Å²) < 4.78 is 33.0. The largest absolute Gasteiger partial charge is 0.398 e. The number of benzene rings is 1. The number of morpholine rings is 1. The number of nitrogen functional groups attached to an aromatic ring is 1. The molecule has 0 amide bonds. The third-order valence-corrected chi connectivity index (χ3v) is 4.42. The van der Waals surface area contributed by atoms with Crippen LogP contribution in [0.25, 0.3) is 0 Å². The van der Waals surface area contributed by atoms with E-state index in [1.807, 2.05) is 0 Å². The molecular weight excluding hydrogens is 278 g/mol. The van der Waals surface area contributed by atoms with Crippen molar-refractivity contribution in [2.45, 2.75) is 0 Å². The second kappa shape index (κ2) is 5.31. The highest BCUT2D eigenvalue weighted by Gasteiger charge is 2.24. The van der Waals surface area contributed by atoms with Crippen LogP contribution in [0.3, 0.4) is 0 Å². The van der Waals surface area contributed by atoms with E-state index >= 15 is 0 Å². The van der Waals surface area contributed by atoms with Crippen LogP contribution < -0.4 is 10.5 Å². The van der Waals surface area contributed by atoms with Crippen molar-refractivity contribution in [1.29, 1.82) is 0 Å². The number of ether oxygens (including phenoxy) is 1. The lowest BCUT2D eigenvalue weighted by molar-refractivity contribution is 0.0733. The van der Waals surface area contributed by atoms with Gasteiger partial charge in [0.25, 0.3) is 0 Å². The zero-order valence-corrected chi connectivity index (χ0v) is 11.2. The molecule has 1 aromatic rings. The molecule has 1 heterocycles. The number of rotatable bonds is 3. The molecule has 1 saturated heterocycles. The quantitative estimate of drug-likeness (QED) is 0.811. The summed E-state index contributed by atoms with van der Waals surface area (Å²) >= 11 is 5.84. The average molecular weight is 292 g/mol. The molecule has 0 unspecified atom stereocenters. The monoisotopic (exact) mass is 291 g/mol. The van der Waals surface area contributed by atoms with Gasteiger partial charge in [0.1, 0.15) is 0 Å². The van der Waals surface area contributed by atoms with Crippen molar-refractivity contribution in [3.8, 4) is 0 Å². The third-order valence-electron chi connectivity index (χ3n) is 2.56. The molecule has 1 aliphatic rings. The standard InChI is InChI=1S/C10H14ClN3O3S/c11-9-7-8(1-2-10(9)12)13-18(15,16)14-3-5-17-6-4-14/h1-2,7,13H,3-6,12H2. The van der Waals surface area contributed by atoms with E-state index < -0.39 is 10.2 Å². The van der Waals surface area contributed by atoms with Gasteiger partial charge in [-0.05, 0) is 18.2 Å². The minimum absolute atomic E-state index is 0.317. The number of nitrogens with two attached hydrogens (primary N) is 1. The number of halogens is 1. The fourth-order valence-corrected chi connectivity index (χ4v) is 2.96. The molecule has 1 aliphatic heterocycles. The molecule has 18 heavy (non-hydrogen) atoms. The zero-order valence-electron chi connectivity index (χ0n) is 9.60. The van der Waals surface area contributed by atoms with E-state index in [1.54, 1.807) is 12.1 Å². The molecule has 2 rings (SSSR count). The van der Waals surface area contributed by atoms with Gasteiger partial charge in [-0.3, -0.25) is 4.72 Å². The maximum absolute atomic E-state index is 12.0. The van der Waals surface area contributed by atoms with Gasteiger partial charge in [0.2, 0.25) is 0 Å². The Morgan fingerprint density at radius 3 is 2.61 bits per heavy atom. The molecule has 8 heteroatoms. The highest BCUT2D eigenvalue weighted by Crippen LogP contribution is 2.23. The van der Waals surface area contributed by atoms with Gasteiger partial charge in [0.15, 0.2) is 0 Å². The average Bonchev–Trinajstić information content (AvgIpc) is 2.35. The van der Waals surface area contributed by atoms with Crippen LogP contribution in [0, 0.1) is 0 Å². The minimum Gasteiger partial charge on any atom is -0.398 e. The molecule has 6 nitrogen and oxygen atoms in total. The fourth-order valence-electron chi connectivity index (χ4n) is 1.59. The van der Waals surface area contributed by atoms with Crippen LogP contribution in [-0.4, -0.2) is 39.0 Å². The minimum atomic E-state index is -3.56. The fraction of sp³-hybridized carbons (Fsp3) is 0.400. The Kier molecular flexibility index (Phi) is 3.96. The predicted octanol–water partition coefficient (Wildman–Crippen LogP) is 0.911. The Hall–Kier alpha value is -1.02. The number of anilines is 2. The van der Waals surface area contributed by atoms with Gasteiger partial charge in [-0.25, -0.2) is 0 Å². The number of nitrogens with zero attached hydrogens (tertiary/aromatic N) is 1. The van der Waals surface area contributed by atoms with E-state index in [1.165, 1.54) is 10.4 Å². The SMILES string of the molecule is Nc1ccc(NS(=O)(=O)N2CCOCC2)cc1Cl. The van der Waals surface area contributed by atoms with Crippen molar-refractivity contribution < 1.29 is 13.2 Å². The smallest absolute Gasteiger partial charge is 0.301 e. The molecule has 0 saturated carbocycles. The van der Waals surface area contributed by atoms with Crippen molar-refractivity contribution in [2.75, 3.05) is 36.8 Å². The van der Waals surface area contributed by atoms with Crippen molar-refractivity contribution in [1.82, 2.24) is 4.31 Å². The van der Waals surface area contributed by atoms with Gasteiger partial charge in [0, 0.05) is 13.1 Å². The number of hydrogen-bond acceptors (Lipinski definition) is 4. The molecule has 100 valence electrons. The zero-order chi connectivity index (χ0) is 13.2. The third kappa shape index (κ3) is 3.05. The van der Waals surface area contributed by atoms with Crippen LogP contribution >= 0.6 is 11.6 Å². The Balaban J connectivity index is 2.13. The lowest BCUT2D eigenvalue weighted by atomic mass is 10.3. The Bertz CT molecular complexity index is 529. The summed E-state index contributed by atoms with van der Waals surface area (Å²) in [5.41, 5.74) is 6.36.